The highest BCUT2D eigenvalue weighted by Gasteiger charge is 2.26. The van der Waals surface area contributed by atoms with Crippen LogP contribution in [0, 0.1) is 5.41 Å². The van der Waals surface area contributed by atoms with Crippen molar-refractivity contribution < 1.29 is 9.90 Å². The van der Waals surface area contributed by atoms with Gasteiger partial charge in [-0.1, -0.05) is 20.8 Å². The number of aromatic hydroxyl groups is 1. The number of hydrogen-bond donors (Lipinski definition) is 2. The van der Waals surface area contributed by atoms with E-state index >= 15 is 0 Å². The van der Waals surface area contributed by atoms with E-state index in [1.807, 2.05) is 26.8 Å². The second kappa shape index (κ2) is 4.15. The van der Waals surface area contributed by atoms with Gasteiger partial charge in [-0.3, -0.25) is 4.79 Å². The highest BCUT2D eigenvalue weighted by molar-refractivity contribution is 6.02. The van der Waals surface area contributed by atoms with Gasteiger partial charge in [-0.2, -0.15) is 0 Å². The molecule has 1 aromatic carbocycles. The number of carbonyl (C=O) groups excluding carboxylic acids is 1. The predicted molar refractivity (Wildman–Crippen MR) is 67.3 cm³/mol. The van der Waals surface area contributed by atoms with Crippen LogP contribution >= 0.6 is 0 Å². The molecule has 0 aliphatic carbocycles. The minimum Gasteiger partial charge on any atom is -0.507 e. The fourth-order valence-electron chi connectivity index (χ4n) is 2.11. The van der Waals surface area contributed by atoms with E-state index in [0.717, 1.165) is 25.1 Å². The Kier molecular flexibility index (Phi) is 2.96. The second-order valence-electron chi connectivity index (χ2n) is 5.64. The lowest BCUT2D eigenvalue weighted by molar-refractivity contribution is 0.0855. The number of benzene rings is 1. The summed E-state index contributed by atoms with van der Waals surface area (Å²) in [4.78, 5) is 12.2. The number of phenolic OH excluding ortho intramolecular Hbond substituents is 1. The van der Waals surface area contributed by atoms with E-state index in [-0.39, 0.29) is 11.5 Å². The Morgan fingerprint density at radius 2 is 2.00 bits per heavy atom. The normalized spacial score (nSPS) is 15.5. The van der Waals surface area contributed by atoms with Gasteiger partial charge in [0.1, 0.15) is 5.75 Å². The van der Waals surface area contributed by atoms with Crippen LogP contribution in [0.25, 0.3) is 0 Å². The summed E-state index contributed by atoms with van der Waals surface area (Å²) >= 11 is 0. The molecule has 0 bridgehead atoms. The van der Waals surface area contributed by atoms with Crippen LogP contribution in [-0.4, -0.2) is 17.4 Å². The monoisotopic (exact) mass is 233 g/mol. The molecule has 1 heterocycles. The molecule has 0 unspecified atom stereocenters. The third kappa shape index (κ3) is 2.34. The summed E-state index contributed by atoms with van der Waals surface area (Å²) in [5, 5.41) is 13.2. The maximum Gasteiger partial charge on any atom is 0.171 e. The van der Waals surface area contributed by atoms with Gasteiger partial charge in [0.05, 0.1) is 5.56 Å². The average molecular weight is 233 g/mol. The fraction of sp³-hybridized carbons (Fsp3) is 0.500. The smallest absolute Gasteiger partial charge is 0.171 e. The predicted octanol–water partition coefficient (Wildman–Crippen LogP) is 2.27. The minimum atomic E-state index is -0.460. The molecule has 1 aliphatic rings. The van der Waals surface area contributed by atoms with Crippen LogP contribution in [-0.2, 0) is 13.0 Å². The van der Waals surface area contributed by atoms with Crippen molar-refractivity contribution in [2.75, 3.05) is 6.54 Å². The van der Waals surface area contributed by atoms with Crippen LogP contribution in [0.5, 0.6) is 5.75 Å². The number of hydrogen-bond acceptors (Lipinski definition) is 3. The number of phenols is 1. The number of ketones is 1. The van der Waals surface area contributed by atoms with Crippen molar-refractivity contribution in [2.45, 2.75) is 33.7 Å². The number of carbonyl (C=O) groups is 1. The summed E-state index contributed by atoms with van der Waals surface area (Å²) in [6.07, 6.45) is 0.917. The van der Waals surface area contributed by atoms with Gasteiger partial charge in [0.15, 0.2) is 5.78 Å². The van der Waals surface area contributed by atoms with Crippen LogP contribution in [0.1, 0.15) is 42.3 Å². The lowest BCUT2D eigenvalue weighted by Gasteiger charge is -2.22. The minimum absolute atomic E-state index is 0.00340. The summed E-state index contributed by atoms with van der Waals surface area (Å²) in [6.45, 7) is 7.31. The van der Waals surface area contributed by atoms with Gasteiger partial charge in [-0.15, -0.1) is 0 Å². The van der Waals surface area contributed by atoms with E-state index in [9.17, 15) is 9.90 Å². The first kappa shape index (κ1) is 12.1. The molecule has 3 heteroatoms. The maximum atomic E-state index is 12.2. The van der Waals surface area contributed by atoms with E-state index in [2.05, 4.69) is 5.32 Å². The van der Waals surface area contributed by atoms with Crippen molar-refractivity contribution in [1.82, 2.24) is 5.32 Å². The van der Waals surface area contributed by atoms with E-state index in [1.54, 1.807) is 6.07 Å². The first-order chi connectivity index (χ1) is 7.89. The van der Waals surface area contributed by atoms with E-state index in [1.165, 1.54) is 5.56 Å². The molecule has 0 saturated heterocycles. The van der Waals surface area contributed by atoms with Gasteiger partial charge in [0.2, 0.25) is 0 Å². The Morgan fingerprint density at radius 1 is 1.29 bits per heavy atom. The van der Waals surface area contributed by atoms with Crippen LogP contribution in [0.3, 0.4) is 0 Å². The zero-order valence-corrected chi connectivity index (χ0v) is 10.6. The Balaban J connectivity index is 2.45. The first-order valence-electron chi connectivity index (χ1n) is 6.00. The second-order valence-corrected chi connectivity index (χ2v) is 5.64. The third-order valence-corrected chi connectivity index (χ3v) is 3.13. The summed E-state index contributed by atoms with van der Waals surface area (Å²) in [5.74, 6) is 0.101. The van der Waals surface area contributed by atoms with E-state index in [0.29, 0.717) is 5.56 Å². The molecule has 17 heavy (non-hydrogen) atoms. The number of rotatable bonds is 1. The molecule has 92 valence electrons. The number of Topliss-reactive ketones (excluding diaryl/α,β-unsaturated/α-hetero) is 1. The molecule has 2 rings (SSSR count). The van der Waals surface area contributed by atoms with Crippen LogP contribution in [0.4, 0.5) is 0 Å². The fourth-order valence-corrected chi connectivity index (χ4v) is 2.11. The first-order valence-corrected chi connectivity index (χ1v) is 6.00. The van der Waals surface area contributed by atoms with Gasteiger partial charge >= 0.3 is 0 Å². The molecule has 0 spiro atoms. The molecule has 0 amide bonds. The quantitative estimate of drug-likeness (QED) is 0.731. The van der Waals surface area contributed by atoms with Gasteiger partial charge in [0.25, 0.3) is 0 Å². The lowest BCUT2D eigenvalue weighted by atomic mass is 9.84. The lowest BCUT2D eigenvalue weighted by Crippen LogP contribution is -2.25. The Morgan fingerprint density at radius 3 is 2.65 bits per heavy atom. The molecular formula is C14H19NO2. The van der Waals surface area contributed by atoms with Crippen molar-refractivity contribution in [3.63, 3.8) is 0 Å². The summed E-state index contributed by atoms with van der Waals surface area (Å²) in [5.41, 5.74) is 2.27. The van der Waals surface area contributed by atoms with Crippen LogP contribution in [0.15, 0.2) is 12.1 Å². The van der Waals surface area contributed by atoms with Gasteiger partial charge in [-0.25, -0.2) is 0 Å². The molecule has 0 atom stereocenters. The van der Waals surface area contributed by atoms with E-state index < -0.39 is 5.41 Å². The summed E-state index contributed by atoms with van der Waals surface area (Å²) < 4.78 is 0. The Labute approximate surface area is 102 Å². The largest absolute Gasteiger partial charge is 0.507 e. The van der Waals surface area contributed by atoms with Gasteiger partial charge in [0, 0.05) is 12.0 Å². The SMILES string of the molecule is CC(C)(C)C(=O)c1cc2c(cc1O)CNCC2. The topological polar surface area (TPSA) is 49.3 Å². The molecule has 0 fully saturated rings. The molecule has 1 aliphatic heterocycles. The molecule has 2 N–H and O–H groups in total. The van der Waals surface area contributed by atoms with Gasteiger partial charge in [-0.05, 0) is 36.2 Å². The van der Waals surface area contributed by atoms with Gasteiger partial charge < -0.3 is 10.4 Å². The maximum absolute atomic E-state index is 12.2. The third-order valence-electron chi connectivity index (χ3n) is 3.13. The van der Waals surface area contributed by atoms with Crippen LogP contribution < -0.4 is 5.32 Å². The zero-order chi connectivity index (χ0) is 12.6. The Bertz CT molecular complexity index is 458. The molecule has 0 aromatic heterocycles. The zero-order valence-electron chi connectivity index (χ0n) is 10.6. The summed E-state index contributed by atoms with van der Waals surface area (Å²) in [6, 6.07) is 3.58. The van der Waals surface area contributed by atoms with Crippen molar-refractivity contribution in [1.29, 1.82) is 0 Å². The molecule has 0 saturated carbocycles. The highest BCUT2D eigenvalue weighted by atomic mass is 16.3. The van der Waals surface area contributed by atoms with Crippen molar-refractivity contribution in [2.24, 2.45) is 5.41 Å². The standard InChI is InChI=1S/C14H19NO2/c1-14(2,3)13(17)11-6-9-4-5-15-8-10(9)7-12(11)16/h6-7,15-16H,4-5,8H2,1-3H3. The molecule has 3 nitrogen and oxygen atoms in total. The summed E-state index contributed by atoms with van der Waals surface area (Å²) in [7, 11) is 0. The Hall–Kier alpha value is -1.35. The van der Waals surface area contributed by atoms with Crippen molar-refractivity contribution in [3.8, 4) is 5.75 Å². The van der Waals surface area contributed by atoms with Crippen LogP contribution in [0.2, 0.25) is 0 Å². The molecule has 1 aromatic rings. The average Bonchev–Trinajstić information content (AvgIpc) is 2.26. The van der Waals surface area contributed by atoms with E-state index in [4.69, 9.17) is 0 Å². The van der Waals surface area contributed by atoms with Crippen molar-refractivity contribution >= 4 is 5.78 Å². The number of fused-ring (bicyclic) bond motifs is 1. The molecule has 0 radical (unpaired) electrons. The molecular weight excluding hydrogens is 214 g/mol. The number of nitrogens with one attached hydrogen (secondary N) is 1. The van der Waals surface area contributed by atoms with Crippen molar-refractivity contribution in [3.05, 3.63) is 28.8 Å². The highest BCUT2D eigenvalue weighted by Crippen LogP contribution is 2.30.